The molecule has 2 aliphatic heterocycles. The van der Waals surface area contributed by atoms with Crippen molar-refractivity contribution in [2.45, 2.75) is 44.4 Å². The van der Waals surface area contributed by atoms with Gasteiger partial charge < -0.3 is 30.1 Å². The number of piperidine rings is 1. The van der Waals surface area contributed by atoms with Gasteiger partial charge in [-0.1, -0.05) is 12.7 Å². The number of morpholine rings is 1. The van der Waals surface area contributed by atoms with Gasteiger partial charge in [-0.25, -0.2) is 4.99 Å². The zero-order chi connectivity index (χ0) is 31.4. The third-order valence-electron chi connectivity index (χ3n) is 7.43. The van der Waals surface area contributed by atoms with E-state index in [4.69, 9.17) is 4.74 Å². The van der Waals surface area contributed by atoms with E-state index in [-0.39, 0.29) is 23.9 Å². The second kappa shape index (κ2) is 16.0. The maximum Gasteiger partial charge on any atom is 0.271 e. The number of amides is 3. The highest BCUT2D eigenvalue weighted by Gasteiger charge is 2.32. The van der Waals surface area contributed by atoms with Gasteiger partial charge in [0.25, 0.3) is 5.91 Å². The number of likely N-dealkylation sites (tertiary alicyclic amines) is 1. The molecule has 3 heterocycles. The largest absolute Gasteiger partial charge is 0.378 e. The lowest BCUT2D eigenvalue weighted by Crippen LogP contribution is -2.56. The van der Waals surface area contributed by atoms with Gasteiger partial charge in [0.2, 0.25) is 11.8 Å². The fourth-order valence-corrected chi connectivity index (χ4v) is 5.02. The Bertz CT molecular complexity index is 1210. The van der Waals surface area contributed by atoms with Crippen molar-refractivity contribution >= 4 is 24.1 Å². The summed E-state index contributed by atoms with van der Waals surface area (Å²) in [6, 6.07) is 3.70. The Morgan fingerprint density at radius 1 is 1.21 bits per heavy atom. The van der Waals surface area contributed by atoms with Crippen LogP contribution in [-0.2, 0) is 20.9 Å². The third-order valence-corrected chi connectivity index (χ3v) is 7.43. The van der Waals surface area contributed by atoms with Crippen LogP contribution in [0.3, 0.4) is 0 Å². The summed E-state index contributed by atoms with van der Waals surface area (Å²) in [7, 11) is 5.12. The predicted molar refractivity (Wildman–Crippen MR) is 167 cm³/mol. The molecule has 234 valence electrons. The monoisotopic (exact) mass is 594 g/mol. The first kappa shape index (κ1) is 33.5. The van der Waals surface area contributed by atoms with Crippen molar-refractivity contribution in [3.63, 3.8) is 0 Å². The zero-order valence-electron chi connectivity index (χ0n) is 25.9. The van der Waals surface area contributed by atoms with Crippen LogP contribution in [0.1, 0.15) is 42.2 Å². The molecule has 2 atom stereocenters. The number of rotatable bonds is 13. The molecule has 0 aliphatic carbocycles. The lowest BCUT2D eigenvalue weighted by atomic mass is 9.90. The maximum absolute atomic E-state index is 13.2. The summed E-state index contributed by atoms with van der Waals surface area (Å²) in [6.07, 6.45) is 9.48. The molecule has 0 aromatic carbocycles. The first-order chi connectivity index (χ1) is 20.5. The molecular formula is C31H46N8O4. The highest BCUT2D eigenvalue weighted by atomic mass is 16.5. The van der Waals surface area contributed by atoms with Crippen molar-refractivity contribution in [1.82, 2.24) is 35.2 Å². The molecule has 2 aliphatic rings. The van der Waals surface area contributed by atoms with Crippen molar-refractivity contribution in [3.05, 3.63) is 66.8 Å². The molecule has 0 bridgehead atoms. The van der Waals surface area contributed by atoms with Crippen LogP contribution in [-0.4, -0.2) is 121 Å². The molecule has 1 unspecified atom stereocenters. The van der Waals surface area contributed by atoms with Crippen LogP contribution in [0.5, 0.6) is 0 Å². The van der Waals surface area contributed by atoms with E-state index in [1.807, 2.05) is 24.9 Å². The summed E-state index contributed by atoms with van der Waals surface area (Å²) in [6.45, 7) is 14.8. The van der Waals surface area contributed by atoms with E-state index >= 15 is 0 Å². The summed E-state index contributed by atoms with van der Waals surface area (Å²) < 4.78 is 5.39. The van der Waals surface area contributed by atoms with Gasteiger partial charge in [-0.3, -0.25) is 24.3 Å². The summed E-state index contributed by atoms with van der Waals surface area (Å²) in [5.41, 5.74) is 0.827. The molecule has 3 amide bonds. The van der Waals surface area contributed by atoms with Crippen LogP contribution < -0.4 is 10.6 Å². The van der Waals surface area contributed by atoms with Gasteiger partial charge >= 0.3 is 0 Å². The van der Waals surface area contributed by atoms with Gasteiger partial charge in [0.1, 0.15) is 17.7 Å². The lowest BCUT2D eigenvalue weighted by molar-refractivity contribution is -0.124. The predicted octanol–water partition coefficient (Wildman–Crippen LogP) is 1.59. The first-order valence-electron chi connectivity index (χ1n) is 14.6. The summed E-state index contributed by atoms with van der Waals surface area (Å²) in [5, 5.41) is 6.10. The quantitative estimate of drug-likeness (QED) is 0.116. The molecular weight excluding hydrogens is 548 g/mol. The second-order valence-electron chi connectivity index (χ2n) is 11.4. The first-order valence-corrected chi connectivity index (χ1v) is 14.6. The number of carbonyl (C=O) groups is 3. The number of nitrogens with zero attached hydrogens (tertiary/aromatic N) is 6. The van der Waals surface area contributed by atoms with Gasteiger partial charge in [-0.2, -0.15) is 0 Å². The van der Waals surface area contributed by atoms with Crippen LogP contribution in [0.2, 0.25) is 0 Å². The van der Waals surface area contributed by atoms with Gasteiger partial charge in [-0.05, 0) is 44.0 Å². The van der Waals surface area contributed by atoms with Crippen molar-refractivity contribution in [2.24, 2.45) is 4.99 Å². The minimum Gasteiger partial charge on any atom is -0.378 e. The Kier molecular flexibility index (Phi) is 12.4. The van der Waals surface area contributed by atoms with Crippen LogP contribution in [0, 0.1) is 0 Å². The van der Waals surface area contributed by atoms with Gasteiger partial charge in [0.05, 0.1) is 25.1 Å². The minimum absolute atomic E-state index is 0.242. The number of ether oxygens (including phenoxy) is 1. The van der Waals surface area contributed by atoms with Crippen LogP contribution >= 0.6 is 0 Å². The van der Waals surface area contributed by atoms with Crippen LogP contribution in [0.4, 0.5) is 0 Å². The minimum atomic E-state index is -0.439. The molecule has 2 fully saturated rings. The smallest absolute Gasteiger partial charge is 0.271 e. The van der Waals surface area contributed by atoms with Crippen molar-refractivity contribution < 1.29 is 19.1 Å². The lowest BCUT2D eigenvalue weighted by Gasteiger charge is -2.41. The summed E-state index contributed by atoms with van der Waals surface area (Å²) in [5.74, 6) is -0.182. The molecule has 1 aromatic heterocycles. The number of hydrogen-bond donors (Lipinski definition) is 2. The van der Waals surface area contributed by atoms with Crippen molar-refractivity contribution in [2.75, 3.05) is 60.5 Å². The van der Waals surface area contributed by atoms with E-state index in [1.165, 1.54) is 17.1 Å². The fourth-order valence-electron chi connectivity index (χ4n) is 5.02. The number of aliphatic imine (C=N–C) groups is 1. The van der Waals surface area contributed by atoms with Gasteiger partial charge in [-0.15, -0.1) is 6.58 Å². The fraction of sp³-hybridized carbons (Fsp3) is 0.516. The van der Waals surface area contributed by atoms with Crippen LogP contribution in [0.25, 0.3) is 0 Å². The molecule has 12 nitrogen and oxygen atoms in total. The van der Waals surface area contributed by atoms with E-state index in [1.54, 1.807) is 38.8 Å². The van der Waals surface area contributed by atoms with E-state index < -0.39 is 5.54 Å². The van der Waals surface area contributed by atoms with Crippen LogP contribution in [0.15, 0.2) is 60.5 Å². The number of aromatic nitrogens is 1. The van der Waals surface area contributed by atoms with Gasteiger partial charge in [0.15, 0.2) is 0 Å². The Morgan fingerprint density at radius 3 is 2.65 bits per heavy atom. The molecule has 43 heavy (non-hydrogen) atoms. The molecule has 0 radical (unpaired) electrons. The number of nitrogens with one attached hydrogen (secondary N) is 2. The molecule has 0 spiro atoms. The van der Waals surface area contributed by atoms with E-state index in [9.17, 15) is 14.4 Å². The highest BCUT2D eigenvalue weighted by molar-refractivity contribution is 5.96. The standard InChI is InChI=1S/C31H46N8O4/c1-7-9-27(37(6)23-33-24(2)39-16-18-43-19-17-39)34-30(42)26-20-25(12-14-32-26)21-38-15-8-13-31(3,22-38)35-28(40)10-11-29(41)36(4)5/h7,10-12,14,20,23,27H,1-2,8-9,13,15-19,21-22H2,3-6H3,(H,34,42)(H,35,40)/b11-10+,33-23-/t27?,31-/m1/s1. The maximum atomic E-state index is 13.2. The number of hydrogen-bond acceptors (Lipinski definition) is 8. The van der Waals surface area contributed by atoms with E-state index in [2.05, 4.69) is 43.6 Å². The third kappa shape index (κ3) is 10.6. The SMILES string of the molecule is C=CCC(NC(=O)c1cc(CN2CCC[C@@](C)(NC(=O)/C=C/C(=O)N(C)C)C2)ccn1)N(C)/C=N\C(=C)N1CCOCC1. The molecule has 0 saturated carbocycles. The topological polar surface area (TPSA) is 123 Å². The number of likely N-dealkylation sites (N-methyl/N-ethyl adjacent to an activating group) is 1. The summed E-state index contributed by atoms with van der Waals surface area (Å²) in [4.78, 5) is 53.9. The van der Waals surface area contributed by atoms with Gasteiger partial charge in [0, 0.05) is 72.1 Å². The molecule has 3 rings (SSSR count). The Morgan fingerprint density at radius 2 is 1.95 bits per heavy atom. The second-order valence-corrected chi connectivity index (χ2v) is 11.4. The van der Waals surface area contributed by atoms with E-state index in [0.29, 0.717) is 44.2 Å². The number of carbonyl (C=O) groups excluding carboxylic acids is 3. The zero-order valence-corrected chi connectivity index (χ0v) is 25.9. The molecule has 1 aromatic rings. The van der Waals surface area contributed by atoms with Crippen molar-refractivity contribution in [1.29, 1.82) is 0 Å². The normalized spacial score (nSPS) is 20.0. The molecule has 2 N–H and O–H groups in total. The molecule has 12 heteroatoms. The average molecular weight is 595 g/mol. The van der Waals surface area contributed by atoms with E-state index in [0.717, 1.165) is 38.0 Å². The molecule has 2 saturated heterocycles. The number of pyridine rings is 1. The highest BCUT2D eigenvalue weighted by Crippen LogP contribution is 2.22. The Labute approximate surface area is 255 Å². The summed E-state index contributed by atoms with van der Waals surface area (Å²) >= 11 is 0. The Balaban J connectivity index is 1.58. The average Bonchev–Trinajstić information content (AvgIpc) is 2.98. The Hall–Kier alpha value is -4.03. The van der Waals surface area contributed by atoms with Crippen molar-refractivity contribution in [3.8, 4) is 0 Å².